The van der Waals surface area contributed by atoms with Crippen molar-refractivity contribution in [2.45, 2.75) is 0 Å². The van der Waals surface area contributed by atoms with Crippen molar-refractivity contribution in [3.63, 3.8) is 0 Å². The highest BCUT2D eigenvalue weighted by atomic mass is 35.5. The Morgan fingerprint density at radius 1 is 1.55 bits per heavy atom. The zero-order chi connectivity index (χ0) is 8.27. The molecule has 58 valence electrons. The predicted molar refractivity (Wildman–Crippen MR) is 42.8 cm³/mol. The summed E-state index contributed by atoms with van der Waals surface area (Å²) < 4.78 is 0. The standard InChI is InChI=1S/C7H6ClNO2/c8-5-2-1-3-6(7(5)11)9-4-10/h1-4,11H,(H,9,10). The number of phenols is 1. The van der Waals surface area contributed by atoms with Gasteiger partial charge in [-0.2, -0.15) is 0 Å². The van der Waals surface area contributed by atoms with Crippen molar-refractivity contribution in [3.05, 3.63) is 23.2 Å². The van der Waals surface area contributed by atoms with Crippen LogP contribution < -0.4 is 5.32 Å². The SMILES string of the molecule is O=CNc1cccc(Cl)c1O. The van der Waals surface area contributed by atoms with Crippen molar-refractivity contribution in [1.82, 2.24) is 0 Å². The number of phenolic OH excluding ortho intramolecular Hbond substituents is 1. The van der Waals surface area contributed by atoms with Crippen LogP contribution >= 0.6 is 11.6 Å². The molecule has 1 rings (SSSR count). The number of aromatic hydroxyl groups is 1. The van der Waals surface area contributed by atoms with Crippen LogP contribution in [0.2, 0.25) is 5.02 Å². The Bertz CT molecular complexity index is 275. The highest BCUT2D eigenvalue weighted by Crippen LogP contribution is 2.30. The maximum absolute atomic E-state index is 9.97. The number of rotatable bonds is 2. The minimum atomic E-state index is -0.110. The monoisotopic (exact) mass is 171 g/mol. The number of carbonyl (C=O) groups excluding carboxylic acids is 1. The van der Waals surface area contributed by atoms with Gasteiger partial charge in [0, 0.05) is 0 Å². The molecule has 1 aromatic rings. The summed E-state index contributed by atoms with van der Waals surface area (Å²) in [5.41, 5.74) is 0.313. The van der Waals surface area contributed by atoms with Crippen LogP contribution in [0.4, 0.5) is 5.69 Å². The Morgan fingerprint density at radius 2 is 2.27 bits per heavy atom. The molecule has 0 heterocycles. The molecule has 0 bridgehead atoms. The van der Waals surface area contributed by atoms with E-state index in [-0.39, 0.29) is 10.8 Å². The smallest absolute Gasteiger partial charge is 0.211 e. The van der Waals surface area contributed by atoms with Gasteiger partial charge < -0.3 is 10.4 Å². The van der Waals surface area contributed by atoms with Crippen LogP contribution in [0.5, 0.6) is 5.75 Å². The fourth-order valence-corrected chi connectivity index (χ4v) is 0.870. The third kappa shape index (κ3) is 1.62. The van der Waals surface area contributed by atoms with Crippen LogP contribution in [0.15, 0.2) is 18.2 Å². The molecule has 0 aliphatic heterocycles. The fourth-order valence-electron chi connectivity index (χ4n) is 0.695. The van der Waals surface area contributed by atoms with E-state index in [1.165, 1.54) is 6.07 Å². The summed E-state index contributed by atoms with van der Waals surface area (Å²) >= 11 is 5.54. The van der Waals surface area contributed by atoms with Gasteiger partial charge in [0.15, 0.2) is 5.75 Å². The molecule has 0 fully saturated rings. The lowest BCUT2D eigenvalue weighted by atomic mass is 10.3. The Hall–Kier alpha value is -1.22. The highest BCUT2D eigenvalue weighted by molar-refractivity contribution is 6.32. The number of hydrogen-bond acceptors (Lipinski definition) is 2. The molecule has 0 saturated carbocycles. The molecular weight excluding hydrogens is 166 g/mol. The molecule has 0 aliphatic rings. The summed E-state index contributed by atoms with van der Waals surface area (Å²) in [5.74, 6) is -0.110. The highest BCUT2D eigenvalue weighted by Gasteiger charge is 2.02. The number of nitrogens with one attached hydrogen (secondary N) is 1. The molecule has 1 amide bonds. The van der Waals surface area contributed by atoms with Crippen molar-refractivity contribution in [2.75, 3.05) is 5.32 Å². The van der Waals surface area contributed by atoms with Crippen molar-refractivity contribution in [1.29, 1.82) is 0 Å². The first-order chi connectivity index (χ1) is 5.25. The molecule has 0 spiro atoms. The molecule has 1 aromatic carbocycles. The Labute approximate surface area is 68.6 Å². The van der Waals surface area contributed by atoms with E-state index in [1.807, 2.05) is 0 Å². The van der Waals surface area contributed by atoms with Gasteiger partial charge in [0.1, 0.15) is 0 Å². The van der Waals surface area contributed by atoms with E-state index in [0.717, 1.165) is 0 Å². The average Bonchev–Trinajstić information content (AvgIpc) is 1.99. The molecular formula is C7H6ClNO2. The van der Waals surface area contributed by atoms with Crippen LogP contribution in [0.25, 0.3) is 0 Å². The number of halogens is 1. The van der Waals surface area contributed by atoms with Gasteiger partial charge in [0.25, 0.3) is 0 Å². The van der Waals surface area contributed by atoms with Crippen molar-refractivity contribution < 1.29 is 9.90 Å². The summed E-state index contributed by atoms with van der Waals surface area (Å²) in [7, 11) is 0. The normalized spacial score (nSPS) is 9.18. The van der Waals surface area contributed by atoms with E-state index in [1.54, 1.807) is 12.1 Å². The lowest BCUT2D eigenvalue weighted by Crippen LogP contribution is -1.93. The van der Waals surface area contributed by atoms with Crippen molar-refractivity contribution in [3.8, 4) is 5.75 Å². The number of carbonyl (C=O) groups is 1. The van der Waals surface area contributed by atoms with E-state index in [9.17, 15) is 9.90 Å². The third-order valence-electron chi connectivity index (χ3n) is 1.20. The number of amides is 1. The summed E-state index contributed by atoms with van der Waals surface area (Å²) in [6.07, 6.45) is 0.478. The molecule has 0 radical (unpaired) electrons. The molecule has 2 N–H and O–H groups in total. The van der Waals surface area contributed by atoms with Gasteiger partial charge in [-0.15, -0.1) is 0 Å². The molecule has 0 aromatic heterocycles. The Balaban J connectivity index is 3.05. The van der Waals surface area contributed by atoms with E-state index in [0.29, 0.717) is 12.1 Å². The van der Waals surface area contributed by atoms with Crippen LogP contribution in [-0.2, 0) is 4.79 Å². The lowest BCUT2D eigenvalue weighted by Gasteiger charge is -2.02. The molecule has 0 aliphatic carbocycles. The molecule has 4 heteroatoms. The second-order valence-electron chi connectivity index (χ2n) is 1.90. The summed E-state index contributed by atoms with van der Waals surface area (Å²) in [5, 5.41) is 11.7. The molecule has 0 saturated heterocycles. The zero-order valence-electron chi connectivity index (χ0n) is 5.54. The second-order valence-corrected chi connectivity index (χ2v) is 2.31. The lowest BCUT2D eigenvalue weighted by molar-refractivity contribution is -0.105. The van der Waals surface area contributed by atoms with E-state index in [4.69, 9.17) is 11.6 Å². The minimum Gasteiger partial charge on any atom is -0.504 e. The maximum atomic E-state index is 9.97. The summed E-state index contributed by atoms with van der Waals surface area (Å²) in [6.45, 7) is 0. The van der Waals surface area contributed by atoms with Crippen molar-refractivity contribution >= 4 is 23.7 Å². The number of anilines is 1. The largest absolute Gasteiger partial charge is 0.504 e. The second kappa shape index (κ2) is 3.25. The summed E-state index contributed by atoms with van der Waals surface area (Å²) in [6, 6.07) is 4.72. The first-order valence-corrected chi connectivity index (χ1v) is 3.31. The minimum absolute atomic E-state index is 0.110. The molecule has 3 nitrogen and oxygen atoms in total. The third-order valence-corrected chi connectivity index (χ3v) is 1.51. The molecule has 0 atom stereocenters. The fraction of sp³-hybridized carbons (Fsp3) is 0. The average molecular weight is 172 g/mol. The van der Waals surface area contributed by atoms with Crippen LogP contribution in [0.1, 0.15) is 0 Å². The van der Waals surface area contributed by atoms with Gasteiger partial charge in [-0.25, -0.2) is 0 Å². The summed E-state index contributed by atoms with van der Waals surface area (Å²) in [4.78, 5) is 9.97. The van der Waals surface area contributed by atoms with Gasteiger partial charge >= 0.3 is 0 Å². The zero-order valence-corrected chi connectivity index (χ0v) is 6.30. The van der Waals surface area contributed by atoms with E-state index < -0.39 is 0 Å². The molecule has 11 heavy (non-hydrogen) atoms. The molecule has 0 unspecified atom stereocenters. The van der Waals surface area contributed by atoms with Gasteiger partial charge in [-0.3, -0.25) is 4.79 Å². The van der Waals surface area contributed by atoms with E-state index >= 15 is 0 Å². The van der Waals surface area contributed by atoms with Crippen LogP contribution in [0, 0.1) is 0 Å². The van der Waals surface area contributed by atoms with Gasteiger partial charge in [0.05, 0.1) is 10.7 Å². The van der Waals surface area contributed by atoms with E-state index in [2.05, 4.69) is 5.32 Å². The maximum Gasteiger partial charge on any atom is 0.211 e. The Kier molecular flexibility index (Phi) is 2.33. The van der Waals surface area contributed by atoms with Gasteiger partial charge in [-0.05, 0) is 12.1 Å². The number of benzene rings is 1. The Morgan fingerprint density at radius 3 is 2.91 bits per heavy atom. The van der Waals surface area contributed by atoms with Crippen LogP contribution in [-0.4, -0.2) is 11.5 Å². The van der Waals surface area contributed by atoms with Crippen molar-refractivity contribution in [2.24, 2.45) is 0 Å². The first-order valence-electron chi connectivity index (χ1n) is 2.93. The first kappa shape index (κ1) is 7.88. The number of para-hydroxylation sites is 1. The topological polar surface area (TPSA) is 49.3 Å². The van der Waals surface area contributed by atoms with Gasteiger partial charge in [-0.1, -0.05) is 17.7 Å². The van der Waals surface area contributed by atoms with Gasteiger partial charge in [0.2, 0.25) is 6.41 Å². The quantitative estimate of drug-likeness (QED) is 0.525. The number of hydrogen-bond donors (Lipinski definition) is 2. The van der Waals surface area contributed by atoms with Crippen LogP contribution in [0.3, 0.4) is 0 Å². The predicted octanol–water partition coefficient (Wildman–Crippen LogP) is 1.61.